The van der Waals surface area contributed by atoms with Gasteiger partial charge < -0.3 is 10.2 Å². The number of aryl methyl sites for hydroxylation is 1. The van der Waals surface area contributed by atoms with Crippen LogP contribution >= 0.6 is 11.8 Å². The van der Waals surface area contributed by atoms with Gasteiger partial charge in [-0.25, -0.2) is 9.50 Å². The van der Waals surface area contributed by atoms with Gasteiger partial charge in [-0.2, -0.15) is 18.3 Å². The molecule has 2 N–H and O–H groups in total. The normalized spacial score (nSPS) is 16.6. The van der Waals surface area contributed by atoms with E-state index in [4.69, 9.17) is 0 Å². The first-order chi connectivity index (χ1) is 31.2. The minimum atomic E-state index is -4.68. The van der Waals surface area contributed by atoms with E-state index in [1.54, 1.807) is 70.3 Å². The number of aromatic nitrogens is 3. The summed E-state index contributed by atoms with van der Waals surface area (Å²) >= 11 is 1.42. The fourth-order valence-electron chi connectivity index (χ4n) is 8.10. The number of nitrogens with one attached hydrogen (secondary N) is 2. The second kappa shape index (κ2) is 19.1. The number of anilines is 1. The fourth-order valence-corrected chi connectivity index (χ4v) is 9.18. The molecule has 3 aliphatic heterocycles. The maximum absolute atomic E-state index is 14.4. The molecule has 0 bridgehead atoms. The van der Waals surface area contributed by atoms with Crippen molar-refractivity contribution in [3.63, 3.8) is 0 Å². The molecule has 2 fully saturated rings. The van der Waals surface area contributed by atoms with Crippen LogP contribution in [-0.4, -0.2) is 103 Å². The van der Waals surface area contributed by atoms with Crippen molar-refractivity contribution in [1.29, 1.82) is 0 Å². The molecule has 2 aromatic heterocycles. The number of carbonyl (C=O) groups is 6. The Balaban J connectivity index is 0.791. The first-order valence-corrected chi connectivity index (χ1v) is 22.1. The van der Waals surface area contributed by atoms with Crippen molar-refractivity contribution in [2.45, 2.75) is 69.1 Å². The Hall–Kier alpha value is -6.84. The second-order valence-electron chi connectivity index (χ2n) is 16.0. The molecule has 5 heterocycles. The van der Waals surface area contributed by atoms with Crippen LogP contribution in [0, 0.1) is 18.8 Å². The van der Waals surface area contributed by atoms with Crippen LogP contribution in [0.2, 0.25) is 0 Å². The van der Waals surface area contributed by atoms with Crippen molar-refractivity contribution in [3.8, 4) is 11.8 Å². The Bertz CT molecular complexity index is 2790. The van der Waals surface area contributed by atoms with E-state index >= 15 is 0 Å². The third kappa shape index (κ3) is 9.96. The summed E-state index contributed by atoms with van der Waals surface area (Å²) in [4.78, 5) is 86.3. The number of fused-ring (bicyclic) bond motifs is 2. The van der Waals surface area contributed by atoms with Crippen LogP contribution in [0.4, 0.5) is 18.9 Å². The molecule has 18 heteroatoms. The number of carbonyl (C=O) groups excluding carboxylic acids is 6. The van der Waals surface area contributed by atoms with Gasteiger partial charge in [0.05, 0.1) is 22.9 Å². The fraction of sp³-hybridized carbons (Fsp3) is 0.319. The zero-order chi connectivity index (χ0) is 45.8. The van der Waals surface area contributed by atoms with Crippen LogP contribution < -0.4 is 10.6 Å². The monoisotopic (exact) mass is 904 g/mol. The van der Waals surface area contributed by atoms with Crippen LogP contribution in [0.1, 0.15) is 97.5 Å². The van der Waals surface area contributed by atoms with Crippen LogP contribution in [0.25, 0.3) is 5.65 Å². The smallest absolute Gasteiger partial charge is 0.340 e. The predicted molar refractivity (Wildman–Crippen MR) is 234 cm³/mol. The molecule has 1 atom stereocenters. The molecule has 8 rings (SSSR count). The standard InChI is InChI=1S/C47H43F3N8O6S/c1-29-11-12-31(25-30(29)14-16-34-27-51-39-9-6-19-52-58(34)39)43(61)53-33-15-13-32(36(26-33)47(48,49)50)28-55-20-22-56(23-21-55)41(60)10-3-2-4-24-65-38-8-5-7-35-42(38)46(64)57(45(35)63)37-17-18-40(59)54-44(37)62/h5-9,11-13,15,19,25-27,37H,2-4,10,17-18,20-24,28H2,1H3,(H,53,61)(H,54,59,62). The lowest BCUT2D eigenvalue weighted by Gasteiger charge is -2.35. The number of benzene rings is 3. The number of hydrogen-bond acceptors (Lipinski definition) is 10. The molecule has 3 aromatic carbocycles. The second-order valence-corrected chi connectivity index (χ2v) is 17.1. The van der Waals surface area contributed by atoms with Gasteiger partial charge in [-0.1, -0.05) is 30.5 Å². The summed E-state index contributed by atoms with van der Waals surface area (Å²) in [6.45, 7) is 3.41. The van der Waals surface area contributed by atoms with Crippen molar-refractivity contribution in [2.75, 3.05) is 37.2 Å². The number of piperazine rings is 1. The van der Waals surface area contributed by atoms with Gasteiger partial charge in [-0.3, -0.25) is 43.9 Å². The number of hydrogen-bond donors (Lipinski definition) is 2. The number of imidazole rings is 1. The number of thioether (sulfide) groups is 1. The molecule has 5 aromatic rings. The molecule has 6 amide bonds. The van der Waals surface area contributed by atoms with Gasteiger partial charge in [-0.05, 0) is 97.5 Å². The van der Waals surface area contributed by atoms with Gasteiger partial charge in [0.25, 0.3) is 17.7 Å². The number of imide groups is 2. The topological polar surface area (TPSA) is 166 Å². The molecule has 0 aliphatic carbocycles. The lowest BCUT2D eigenvalue weighted by Crippen LogP contribution is -2.54. The maximum atomic E-state index is 14.4. The highest BCUT2D eigenvalue weighted by Crippen LogP contribution is 2.36. The number of unbranched alkanes of at least 4 members (excludes halogenated alkanes) is 2. The van der Waals surface area contributed by atoms with Crippen LogP contribution in [0.15, 0.2) is 84.0 Å². The zero-order valence-corrected chi connectivity index (χ0v) is 36.1. The first-order valence-electron chi connectivity index (χ1n) is 21.2. The lowest BCUT2D eigenvalue weighted by molar-refractivity contribution is -0.139. The minimum Gasteiger partial charge on any atom is -0.340 e. The molecule has 1 unspecified atom stereocenters. The number of piperidine rings is 1. The van der Waals surface area contributed by atoms with Crippen molar-refractivity contribution in [2.24, 2.45) is 0 Å². The van der Waals surface area contributed by atoms with Crippen molar-refractivity contribution in [3.05, 3.63) is 124 Å². The molecule has 0 saturated carbocycles. The Morgan fingerprint density at radius 1 is 0.923 bits per heavy atom. The third-order valence-corrected chi connectivity index (χ3v) is 12.8. The summed E-state index contributed by atoms with van der Waals surface area (Å²) in [6.07, 6.45) is 1.09. The highest BCUT2D eigenvalue weighted by atomic mass is 32.2. The van der Waals surface area contributed by atoms with E-state index < -0.39 is 47.3 Å². The molecule has 334 valence electrons. The minimum absolute atomic E-state index is 0.00127. The number of amides is 6. The number of nitrogens with zero attached hydrogens (tertiary/aromatic N) is 6. The zero-order valence-electron chi connectivity index (χ0n) is 35.2. The lowest BCUT2D eigenvalue weighted by atomic mass is 10.0. The summed E-state index contributed by atoms with van der Waals surface area (Å²) in [5.41, 5.74) is 2.49. The molecule has 14 nitrogen and oxygen atoms in total. The van der Waals surface area contributed by atoms with E-state index in [0.717, 1.165) is 29.4 Å². The van der Waals surface area contributed by atoms with E-state index in [-0.39, 0.29) is 53.2 Å². The quantitative estimate of drug-likeness (QED) is 0.0646. The van der Waals surface area contributed by atoms with E-state index in [9.17, 15) is 41.9 Å². The van der Waals surface area contributed by atoms with Gasteiger partial charge >= 0.3 is 6.18 Å². The first kappa shape index (κ1) is 44.8. The van der Waals surface area contributed by atoms with E-state index in [1.165, 1.54) is 23.9 Å². The van der Waals surface area contributed by atoms with Gasteiger partial charge in [0.15, 0.2) is 5.65 Å². The SMILES string of the molecule is Cc1ccc(C(=O)Nc2ccc(CN3CCN(C(=O)CCCCCSc4cccc5c4C(=O)N(C4CCC(=O)NC4=O)C5=O)CC3)c(C(F)(F)F)c2)cc1C#Cc1cnc2cccnn12. The van der Waals surface area contributed by atoms with Gasteiger partial charge in [0.1, 0.15) is 11.7 Å². The summed E-state index contributed by atoms with van der Waals surface area (Å²) in [7, 11) is 0. The Morgan fingerprint density at radius 2 is 1.74 bits per heavy atom. The Morgan fingerprint density at radius 3 is 2.52 bits per heavy atom. The molecule has 65 heavy (non-hydrogen) atoms. The molecular formula is C47H43F3N8O6S. The summed E-state index contributed by atoms with van der Waals surface area (Å²) in [5.74, 6) is 3.89. The van der Waals surface area contributed by atoms with Crippen LogP contribution in [-0.2, 0) is 27.1 Å². The van der Waals surface area contributed by atoms with E-state index in [0.29, 0.717) is 66.6 Å². The molecule has 0 spiro atoms. The molecule has 0 radical (unpaired) electrons. The maximum Gasteiger partial charge on any atom is 0.416 e. The molecule has 3 aliphatic rings. The van der Waals surface area contributed by atoms with Gasteiger partial charge in [0, 0.05) is 73.5 Å². The molecular weight excluding hydrogens is 862 g/mol. The predicted octanol–water partition coefficient (Wildman–Crippen LogP) is 6.11. The number of rotatable bonds is 12. The van der Waals surface area contributed by atoms with Crippen LogP contribution in [0.3, 0.4) is 0 Å². The number of alkyl halides is 3. The van der Waals surface area contributed by atoms with Gasteiger partial charge in [-0.15, -0.1) is 11.8 Å². The summed E-state index contributed by atoms with van der Waals surface area (Å²) in [5, 5.41) is 9.06. The third-order valence-electron chi connectivity index (χ3n) is 11.6. The van der Waals surface area contributed by atoms with Crippen molar-refractivity contribution < 1.29 is 41.9 Å². The van der Waals surface area contributed by atoms with E-state index in [1.807, 2.05) is 11.8 Å². The largest absolute Gasteiger partial charge is 0.416 e. The summed E-state index contributed by atoms with van der Waals surface area (Å²) in [6, 6.07) is 16.2. The molecule has 2 saturated heterocycles. The van der Waals surface area contributed by atoms with Crippen molar-refractivity contribution >= 4 is 58.5 Å². The highest BCUT2D eigenvalue weighted by Gasteiger charge is 2.45. The van der Waals surface area contributed by atoms with Crippen molar-refractivity contribution in [1.82, 2.24) is 34.6 Å². The van der Waals surface area contributed by atoms with Gasteiger partial charge in [0.2, 0.25) is 17.7 Å². The van der Waals surface area contributed by atoms with E-state index in [2.05, 4.69) is 32.6 Å². The van der Waals surface area contributed by atoms with Crippen LogP contribution in [0.5, 0.6) is 0 Å². The highest BCUT2D eigenvalue weighted by molar-refractivity contribution is 7.99. The average Bonchev–Trinajstić information content (AvgIpc) is 3.82. The number of halogens is 3. The Kier molecular flexibility index (Phi) is 13.1. The average molecular weight is 905 g/mol. The summed E-state index contributed by atoms with van der Waals surface area (Å²) < 4.78 is 44.8. The Labute approximate surface area is 375 Å².